The second kappa shape index (κ2) is 8.90. The van der Waals surface area contributed by atoms with Crippen LogP contribution in [0.15, 0.2) is 78.9 Å². The number of hydrogen-bond acceptors (Lipinski definition) is 4. The van der Waals surface area contributed by atoms with Crippen LogP contribution < -0.4 is 4.90 Å². The number of aryl methyl sites for hydroxylation is 1. The molecule has 0 atom stereocenters. The summed E-state index contributed by atoms with van der Waals surface area (Å²) in [6, 6.07) is 27.8. The predicted octanol–water partition coefficient (Wildman–Crippen LogP) is 5.64. The van der Waals surface area contributed by atoms with Crippen molar-refractivity contribution in [3.63, 3.8) is 0 Å². The lowest BCUT2D eigenvalue weighted by Gasteiger charge is -2.33. The topological polar surface area (TPSA) is 46.3 Å². The fraction of sp³-hybridized carbons (Fsp3) is 0.276. The van der Waals surface area contributed by atoms with Gasteiger partial charge in [0.2, 0.25) is 5.95 Å². The van der Waals surface area contributed by atoms with E-state index < -0.39 is 0 Å². The van der Waals surface area contributed by atoms with Gasteiger partial charge in [-0.25, -0.2) is 9.38 Å². The smallest absolute Gasteiger partial charge is 0.213 e. The molecule has 2 aromatic heterocycles. The molecule has 0 N–H and O–H groups in total. The van der Waals surface area contributed by atoms with Crippen LogP contribution in [0.1, 0.15) is 35.4 Å². The van der Waals surface area contributed by atoms with Crippen LogP contribution in [0, 0.1) is 12.8 Å². The Hall–Kier alpha value is -3.73. The lowest BCUT2D eigenvalue weighted by molar-refractivity contribution is 0.400. The van der Waals surface area contributed by atoms with Crippen molar-refractivity contribution >= 4 is 22.5 Å². The number of anilines is 1. The molecule has 5 nitrogen and oxygen atoms in total. The summed E-state index contributed by atoms with van der Waals surface area (Å²) >= 11 is 0. The van der Waals surface area contributed by atoms with E-state index in [2.05, 4.69) is 99.2 Å². The molecule has 0 unspecified atom stereocenters. The van der Waals surface area contributed by atoms with Crippen LogP contribution in [-0.2, 0) is 12.8 Å². The average Bonchev–Trinajstić information content (AvgIpc) is 3.29. The Morgan fingerprint density at radius 1 is 0.824 bits per heavy atom. The molecule has 3 aromatic carbocycles. The maximum absolute atomic E-state index is 5.16. The molecule has 5 aromatic rings. The molecule has 1 fully saturated rings. The van der Waals surface area contributed by atoms with E-state index >= 15 is 0 Å². The lowest BCUT2D eigenvalue weighted by Crippen LogP contribution is -2.36. The van der Waals surface area contributed by atoms with Crippen LogP contribution in [0.25, 0.3) is 16.6 Å². The first-order valence-electron chi connectivity index (χ1n) is 12.2. The second-order valence-corrected chi connectivity index (χ2v) is 9.49. The fourth-order valence-electron chi connectivity index (χ4n) is 5.17. The van der Waals surface area contributed by atoms with Gasteiger partial charge in [0.25, 0.3) is 0 Å². The molecular formula is C29H29N5. The van der Waals surface area contributed by atoms with Crippen molar-refractivity contribution < 1.29 is 0 Å². The molecule has 3 heterocycles. The third-order valence-electron chi connectivity index (χ3n) is 7.01. The maximum atomic E-state index is 5.16. The van der Waals surface area contributed by atoms with Gasteiger partial charge in [0.1, 0.15) is 5.82 Å². The first-order chi connectivity index (χ1) is 16.7. The van der Waals surface area contributed by atoms with Gasteiger partial charge >= 0.3 is 0 Å². The number of rotatable bonds is 5. The Balaban J connectivity index is 1.36. The molecule has 0 spiro atoms. The van der Waals surface area contributed by atoms with Gasteiger partial charge in [0.15, 0.2) is 5.65 Å². The van der Waals surface area contributed by atoms with Gasteiger partial charge in [-0.1, -0.05) is 72.3 Å². The van der Waals surface area contributed by atoms with Crippen LogP contribution >= 0.6 is 0 Å². The molecule has 1 aliphatic rings. The van der Waals surface area contributed by atoms with Crippen LogP contribution in [0.3, 0.4) is 0 Å². The Bertz CT molecular complexity index is 1420. The van der Waals surface area contributed by atoms with Crippen molar-refractivity contribution in [1.29, 1.82) is 0 Å². The molecule has 0 amide bonds. The number of benzene rings is 3. The molecule has 0 saturated carbocycles. The summed E-state index contributed by atoms with van der Waals surface area (Å²) in [5.41, 5.74) is 5.76. The summed E-state index contributed by atoms with van der Waals surface area (Å²) in [6.45, 7) is 4.11. The van der Waals surface area contributed by atoms with Crippen molar-refractivity contribution in [1.82, 2.24) is 19.6 Å². The number of piperidine rings is 1. The van der Waals surface area contributed by atoms with Crippen LogP contribution in [-0.4, -0.2) is 32.7 Å². The van der Waals surface area contributed by atoms with Crippen molar-refractivity contribution in [2.45, 2.75) is 32.6 Å². The SMILES string of the molecule is Cc1ccc2nc(N3CCC(Cc4ccccc4)CC3)n3c(Cc4ccccc4)nnc3c2c1. The third kappa shape index (κ3) is 4.03. The normalized spacial score (nSPS) is 14.8. The Morgan fingerprint density at radius 3 is 2.26 bits per heavy atom. The Morgan fingerprint density at radius 2 is 1.53 bits per heavy atom. The van der Waals surface area contributed by atoms with Gasteiger partial charge in [0, 0.05) is 24.9 Å². The van der Waals surface area contributed by atoms with E-state index in [4.69, 9.17) is 4.98 Å². The molecule has 0 radical (unpaired) electrons. The van der Waals surface area contributed by atoms with Crippen molar-refractivity contribution in [2.24, 2.45) is 5.92 Å². The molecule has 5 heteroatoms. The Labute approximate surface area is 200 Å². The molecular weight excluding hydrogens is 418 g/mol. The zero-order valence-electron chi connectivity index (χ0n) is 19.6. The van der Waals surface area contributed by atoms with Gasteiger partial charge in [0.05, 0.1) is 5.52 Å². The van der Waals surface area contributed by atoms with Crippen molar-refractivity contribution in [2.75, 3.05) is 18.0 Å². The van der Waals surface area contributed by atoms with E-state index in [1.807, 2.05) is 6.07 Å². The van der Waals surface area contributed by atoms with E-state index in [-0.39, 0.29) is 0 Å². The standard InChI is InChI=1S/C29H29N5/c1-21-12-13-26-25(18-21)28-32-31-27(20-23-10-6-3-7-11-23)34(28)29(30-26)33-16-14-24(15-17-33)19-22-8-4-2-5-9-22/h2-13,18,24H,14-17,19-20H2,1H3. The highest BCUT2D eigenvalue weighted by Crippen LogP contribution is 2.29. The number of fused-ring (bicyclic) bond motifs is 3. The highest BCUT2D eigenvalue weighted by molar-refractivity contribution is 5.93. The molecule has 6 rings (SSSR count). The average molecular weight is 448 g/mol. The number of nitrogens with zero attached hydrogens (tertiary/aromatic N) is 5. The van der Waals surface area contributed by atoms with Crippen molar-refractivity contribution in [3.05, 3.63) is 101 Å². The first-order valence-corrected chi connectivity index (χ1v) is 12.2. The highest BCUT2D eigenvalue weighted by Gasteiger charge is 2.25. The van der Waals surface area contributed by atoms with Gasteiger partial charge in [-0.05, 0) is 55.4 Å². The summed E-state index contributed by atoms with van der Waals surface area (Å²) in [7, 11) is 0. The monoisotopic (exact) mass is 447 g/mol. The van der Waals surface area contributed by atoms with E-state index in [0.29, 0.717) is 5.92 Å². The quantitative estimate of drug-likeness (QED) is 0.350. The predicted molar refractivity (Wildman–Crippen MR) is 137 cm³/mol. The molecule has 1 aliphatic heterocycles. The largest absolute Gasteiger partial charge is 0.342 e. The van der Waals surface area contributed by atoms with Crippen LogP contribution in [0.4, 0.5) is 5.95 Å². The minimum atomic E-state index is 0.710. The van der Waals surface area contributed by atoms with E-state index in [1.54, 1.807) is 0 Å². The maximum Gasteiger partial charge on any atom is 0.213 e. The van der Waals surface area contributed by atoms with Gasteiger partial charge < -0.3 is 4.90 Å². The number of hydrogen-bond donors (Lipinski definition) is 0. The minimum Gasteiger partial charge on any atom is -0.342 e. The first kappa shape index (κ1) is 20.8. The van der Waals surface area contributed by atoms with E-state index in [0.717, 1.165) is 54.3 Å². The van der Waals surface area contributed by atoms with E-state index in [9.17, 15) is 0 Å². The second-order valence-electron chi connectivity index (χ2n) is 9.49. The summed E-state index contributed by atoms with van der Waals surface area (Å²) < 4.78 is 2.20. The molecule has 0 bridgehead atoms. The van der Waals surface area contributed by atoms with Crippen molar-refractivity contribution in [3.8, 4) is 0 Å². The summed E-state index contributed by atoms with van der Waals surface area (Å²) in [5, 5.41) is 10.4. The molecule has 34 heavy (non-hydrogen) atoms. The van der Waals surface area contributed by atoms with Gasteiger partial charge in [-0.3, -0.25) is 0 Å². The molecule has 0 aliphatic carbocycles. The van der Waals surface area contributed by atoms with Gasteiger partial charge in [-0.15, -0.1) is 10.2 Å². The van der Waals surface area contributed by atoms with Gasteiger partial charge in [-0.2, -0.15) is 0 Å². The van der Waals surface area contributed by atoms with Crippen LogP contribution in [0.5, 0.6) is 0 Å². The zero-order chi connectivity index (χ0) is 22.9. The lowest BCUT2D eigenvalue weighted by atomic mass is 9.90. The summed E-state index contributed by atoms with van der Waals surface area (Å²) in [4.78, 5) is 7.60. The summed E-state index contributed by atoms with van der Waals surface area (Å²) in [5.74, 6) is 2.63. The zero-order valence-corrected chi connectivity index (χ0v) is 19.6. The Kier molecular flexibility index (Phi) is 5.46. The number of aromatic nitrogens is 4. The summed E-state index contributed by atoms with van der Waals surface area (Å²) in [6.07, 6.45) is 4.22. The third-order valence-corrected chi connectivity index (χ3v) is 7.01. The highest BCUT2D eigenvalue weighted by atomic mass is 15.4. The van der Waals surface area contributed by atoms with Crippen LogP contribution in [0.2, 0.25) is 0 Å². The molecule has 1 saturated heterocycles. The van der Waals surface area contributed by atoms with E-state index in [1.165, 1.54) is 29.5 Å². The fourth-order valence-corrected chi connectivity index (χ4v) is 5.17. The molecule has 170 valence electrons. The minimum absolute atomic E-state index is 0.710.